The maximum Gasteiger partial charge on any atom is 0.229 e. The number of hydrogen-bond donors (Lipinski definition) is 1. The molecule has 1 N–H and O–H groups in total. The highest BCUT2D eigenvalue weighted by atomic mass is 16.5. The van der Waals surface area contributed by atoms with Crippen molar-refractivity contribution in [1.29, 1.82) is 5.26 Å². The quantitative estimate of drug-likeness (QED) is 0.449. The molecule has 1 amide bonds. The fraction of sp³-hybridized carbons (Fsp3) is 0.200. The summed E-state index contributed by atoms with van der Waals surface area (Å²) < 4.78 is 17.5. The summed E-state index contributed by atoms with van der Waals surface area (Å²) in [5, 5.41) is 17.7. The number of carbonyl (C=O) groups is 1. The molecule has 9 heteroatoms. The smallest absolute Gasteiger partial charge is 0.229 e. The molecule has 0 bridgehead atoms. The molecule has 2 aromatic heterocycles. The Morgan fingerprint density at radius 3 is 2.53 bits per heavy atom. The van der Waals surface area contributed by atoms with Gasteiger partial charge in [0.2, 0.25) is 5.91 Å². The van der Waals surface area contributed by atoms with Gasteiger partial charge in [0.15, 0.2) is 23.1 Å². The number of anilines is 1. The summed E-state index contributed by atoms with van der Waals surface area (Å²) >= 11 is 0. The largest absolute Gasteiger partial charge is 0.494 e. The molecule has 0 saturated carbocycles. The number of amides is 1. The van der Waals surface area contributed by atoms with Crippen molar-refractivity contribution in [2.45, 2.75) is 13.3 Å². The summed E-state index contributed by atoms with van der Waals surface area (Å²) in [6, 6.07) is 14.9. The van der Waals surface area contributed by atoms with Crippen molar-refractivity contribution in [3.05, 3.63) is 65.4 Å². The third kappa shape index (κ3) is 4.21. The molecule has 0 fully saturated rings. The first kappa shape index (κ1) is 22.6. The molecule has 9 nitrogen and oxygen atoms in total. The summed E-state index contributed by atoms with van der Waals surface area (Å²) in [7, 11) is 4.67. The van der Waals surface area contributed by atoms with Crippen LogP contribution < -0.4 is 19.5 Å². The van der Waals surface area contributed by atoms with Gasteiger partial charge in [0, 0.05) is 5.39 Å². The molecule has 0 aliphatic rings. The summed E-state index contributed by atoms with van der Waals surface area (Å²) in [6.45, 7) is 1.96. The molecular formula is C25H23N5O4. The molecule has 4 rings (SSSR count). The zero-order chi connectivity index (χ0) is 24.2. The number of fused-ring (bicyclic) bond motifs is 1. The van der Waals surface area contributed by atoms with Gasteiger partial charge in [-0.05, 0) is 42.3 Å². The number of benzene rings is 2. The molecule has 0 aliphatic heterocycles. The maximum atomic E-state index is 12.9. The lowest BCUT2D eigenvalue weighted by Gasteiger charge is -2.13. The van der Waals surface area contributed by atoms with Crippen molar-refractivity contribution >= 4 is 22.6 Å². The summed E-state index contributed by atoms with van der Waals surface area (Å²) in [6.07, 6.45) is 1.46. The van der Waals surface area contributed by atoms with Gasteiger partial charge in [0.05, 0.1) is 33.9 Å². The van der Waals surface area contributed by atoms with E-state index in [0.717, 1.165) is 16.5 Å². The predicted molar refractivity (Wildman–Crippen MR) is 127 cm³/mol. The second kappa shape index (κ2) is 9.50. The zero-order valence-electron chi connectivity index (χ0n) is 19.2. The van der Waals surface area contributed by atoms with Gasteiger partial charge in [-0.1, -0.05) is 18.2 Å². The summed E-state index contributed by atoms with van der Waals surface area (Å²) in [5.41, 5.74) is 2.57. The first-order valence-corrected chi connectivity index (χ1v) is 10.4. The standard InChI is InChI=1S/C25H23N5O4/c1-15-10-22(28-24-18(15)6-5-7-20(24)33-3)30-25(17(13-26)14-27-30)29-23(31)12-16-8-9-19(32-2)21(11-16)34-4/h5-11,14H,12H2,1-4H3,(H,29,31). The first-order chi connectivity index (χ1) is 16.5. The lowest BCUT2D eigenvalue weighted by atomic mass is 10.1. The number of ether oxygens (including phenoxy) is 3. The SMILES string of the molecule is COc1ccc(CC(=O)Nc2c(C#N)cnn2-c2cc(C)c3cccc(OC)c3n2)cc1OC. The molecule has 0 aliphatic carbocycles. The van der Waals surface area contributed by atoms with Gasteiger partial charge in [-0.15, -0.1) is 0 Å². The van der Waals surface area contributed by atoms with E-state index in [9.17, 15) is 10.1 Å². The second-order valence-corrected chi connectivity index (χ2v) is 7.50. The molecule has 0 saturated heterocycles. The molecule has 0 radical (unpaired) electrons. The highest BCUT2D eigenvalue weighted by molar-refractivity contribution is 5.93. The van der Waals surface area contributed by atoms with E-state index in [2.05, 4.69) is 16.5 Å². The van der Waals surface area contributed by atoms with E-state index in [-0.39, 0.29) is 23.7 Å². The number of nitriles is 1. The number of pyridine rings is 1. The van der Waals surface area contributed by atoms with Crippen LogP contribution in [0.3, 0.4) is 0 Å². The molecule has 2 aromatic carbocycles. The van der Waals surface area contributed by atoms with Crippen molar-refractivity contribution in [2.75, 3.05) is 26.6 Å². The Morgan fingerprint density at radius 2 is 1.82 bits per heavy atom. The van der Waals surface area contributed by atoms with Crippen LogP contribution in [0.25, 0.3) is 16.7 Å². The van der Waals surface area contributed by atoms with Gasteiger partial charge in [0.25, 0.3) is 0 Å². The van der Waals surface area contributed by atoms with Gasteiger partial charge in [-0.2, -0.15) is 15.0 Å². The maximum absolute atomic E-state index is 12.9. The lowest BCUT2D eigenvalue weighted by molar-refractivity contribution is -0.115. The number of nitrogens with zero attached hydrogens (tertiary/aromatic N) is 4. The monoisotopic (exact) mass is 457 g/mol. The molecule has 34 heavy (non-hydrogen) atoms. The Kier molecular flexibility index (Phi) is 6.32. The highest BCUT2D eigenvalue weighted by Crippen LogP contribution is 2.30. The number of rotatable bonds is 7. The average molecular weight is 457 g/mol. The van der Waals surface area contributed by atoms with Crippen LogP contribution in [-0.2, 0) is 11.2 Å². The lowest BCUT2D eigenvalue weighted by Crippen LogP contribution is -2.18. The van der Waals surface area contributed by atoms with E-state index < -0.39 is 0 Å². The minimum atomic E-state index is -0.319. The highest BCUT2D eigenvalue weighted by Gasteiger charge is 2.18. The van der Waals surface area contributed by atoms with Gasteiger partial charge in [-0.25, -0.2) is 4.98 Å². The predicted octanol–water partition coefficient (Wildman–Crippen LogP) is 3.81. The van der Waals surface area contributed by atoms with Crippen LogP contribution >= 0.6 is 0 Å². The Morgan fingerprint density at radius 1 is 1.06 bits per heavy atom. The second-order valence-electron chi connectivity index (χ2n) is 7.50. The number of para-hydroxylation sites is 1. The zero-order valence-corrected chi connectivity index (χ0v) is 19.2. The topological polar surface area (TPSA) is 111 Å². The molecule has 4 aromatic rings. The van der Waals surface area contributed by atoms with E-state index in [1.807, 2.05) is 31.2 Å². The van der Waals surface area contributed by atoms with E-state index in [4.69, 9.17) is 19.2 Å². The Bertz CT molecular complexity index is 1420. The molecule has 0 atom stereocenters. The fourth-order valence-electron chi connectivity index (χ4n) is 3.72. The van der Waals surface area contributed by atoms with Crippen LogP contribution in [0.4, 0.5) is 5.82 Å². The van der Waals surface area contributed by atoms with Crippen molar-refractivity contribution in [1.82, 2.24) is 14.8 Å². The third-order valence-corrected chi connectivity index (χ3v) is 5.39. The molecule has 172 valence electrons. The number of carbonyl (C=O) groups excluding carboxylic acids is 1. The van der Waals surface area contributed by atoms with Crippen molar-refractivity contribution < 1.29 is 19.0 Å². The normalized spacial score (nSPS) is 10.6. The van der Waals surface area contributed by atoms with E-state index >= 15 is 0 Å². The van der Waals surface area contributed by atoms with Crippen molar-refractivity contribution in [3.8, 4) is 29.1 Å². The van der Waals surface area contributed by atoms with Crippen molar-refractivity contribution in [2.24, 2.45) is 0 Å². The number of aryl methyl sites for hydroxylation is 1. The number of methoxy groups -OCH3 is 3. The number of aromatic nitrogens is 3. The minimum Gasteiger partial charge on any atom is -0.494 e. The molecular weight excluding hydrogens is 434 g/mol. The van der Waals surface area contributed by atoms with Gasteiger partial charge >= 0.3 is 0 Å². The summed E-state index contributed by atoms with van der Waals surface area (Å²) in [4.78, 5) is 17.6. The Balaban J connectivity index is 1.68. The van der Waals surface area contributed by atoms with Crippen LogP contribution in [0.5, 0.6) is 17.2 Å². The van der Waals surface area contributed by atoms with Crippen LogP contribution in [0, 0.1) is 18.3 Å². The summed E-state index contributed by atoms with van der Waals surface area (Å²) in [5.74, 6) is 2.10. The molecule has 0 spiro atoms. The third-order valence-electron chi connectivity index (χ3n) is 5.39. The van der Waals surface area contributed by atoms with Crippen LogP contribution in [0.1, 0.15) is 16.7 Å². The van der Waals surface area contributed by atoms with Crippen LogP contribution in [0.15, 0.2) is 48.7 Å². The number of nitrogens with one attached hydrogen (secondary N) is 1. The van der Waals surface area contributed by atoms with Gasteiger partial charge in [-0.3, -0.25) is 4.79 Å². The Labute approximate surface area is 196 Å². The van der Waals surface area contributed by atoms with E-state index in [1.165, 1.54) is 18.0 Å². The molecule has 0 unspecified atom stereocenters. The minimum absolute atomic E-state index is 0.0639. The fourth-order valence-corrected chi connectivity index (χ4v) is 3.72. The van der Waals surface area contributed by atoms with Crippen LogP contribution in [-0.4, -0.2) is 42.0 Å². The van der Waals surface area contributed by atoms with Gasteiger partial charge < -0.3 is 19.5 Å². The average Bonchev–Trinajstić information content (AvgIpc) is 3.25. The number of hydrogen-bond acceptors (Lipinski definition) is 7. The van der Waals surface area contributed by atoms with Crippen molar-refractivity contribution in [3.63, 3.8) is 0 Å². The van der Waals surface area contributed by atoms with E-state index in [0.29, 0.717) is 28.6 Å². The van der Waals surface area contributed by atoms with Crippen LogP contribution in [0.2, 0.25) is 0 Å². The van der Waals surface area contributed by atoms with E-state index in [1.54, 1.807) is 32.4 Å². The first-order valence-electron chi connectivity index (χ1n) is 10.4. The molecule has 2 heterocycles. The van der Waals surface area contributed by atoms with Gasteiger partial charge in [0.1, 0.15) is 22.9 Å². The Hall–Kier alpha value is -4.58.